The lowest BCUT2D eigenvalue weighted by Crippen LogP contribution is -2.46. The van der Waals surface area contributed by atoms with Gasteiger partial charge in [-0.05, 0) is 45.6 Å². The molecule has 0 aromatic heterocycles. The predicted octanol–water partition coefficient (Wildman–Crippen LogP) is 1.01. The van der Waals surface area contributed by atoms with Crippen LogP contribution >= 0.6 is 0 Å². The van der Waals surface area contributed by atoms with Crippen molar-refractivity contribution < 1.29 is 14.9 Å². The molecule has 2 aliphatic heterocycles. The van der Waals surface area contributed by atoms with Crippen molar-refractivity contribution in [3.63, 3.8) is 0 Å². The molecule has 2 rings (SSSR count). The van der Waals surface area contributed by atoms with E-state index < -0.39 is 5.60 Å². The van der Waals surface area contributed by atoms with E-state index in [1.165, 1.54) is 0 Å². The summed E-state index contributed by atoms with van der Waals surface area (Å²) in [5, 5.41) is 19.8. The molecule has 4 nitrogen and oxygen atoms in total. The Morgan fingerprint density at radius 1 is 1.17 bits per heavy atom. The minimum absolute atomic E-state index is 0.0750. The van der Waals surface area contributed by atoms with Gasteiger partial charge in [0.1, 0.15) is 0 Å². The zero-order valence-corrected chi connectivity index (χ0v) is 11.5. The van der Waals surface area contributed by atoms with Gasteiger partial charge in [0.05, 0.1) is 18.8 Å². The second-order valence-corrected chi connectivity index (χ2v) is 6.44. The fourth-order valence-corrected chi connectivity index (χ4v) is 3.16. The van der Waals surface area contributed by atoms with Crippen LogP contribution in [0.2, 0.25) is 0 Å². The number of likely N-dealkylation sites (tertiary alicyclic amines) is 1. The SMILES string of the molecule is CC1(O)CCCN(CC2(CO)CCCOC2)CC1. The van der Waals surface area contributed by atoms with Crippen LogP contribution in [-0.2, 0) is 4.74 Å². The molecule has 2 saturated heterocycles. The third-order valence-corrected chi connectivity index (χ3v) is 4.45. The van der Waals surface area contributed by atoms with Crippen molar-refractivity contribution in [2.45, 2.75) is 44.6 Å². The first-order valence-electron chi connectivity index (χ1n) is 7.19. The van der Waals surface area contributed by atoms with Crippen LogP contribution in [0.25, 0.3) is 0 Å². The topological polar surface area (TPSA) is 52.9 Å². The molecule has 0 saturated carbocycles. The van der Waals surface area contributed by atoms with Crippen molar-refractivity contribution in [3.05, 3.63) is 0 Å². The molecule has 2 fully saturated rings. The van der Waals surface area contributed by atoms with Crippen molar-refractivity contribution in [3.8, 4) is 0 Å². The first kappa shape index (κ1) is 14.3. The maximum Gasteiger partial charge on any atom is 0.0632 e. The summed E-state index contributed by atoms with van der Waals surface area (Å²) in [6, 6.07) is 0. The highest BCUT2D eigenvalue weighted by Crippen LogP contribution is 2.31. The lowest BCUT2D eigenvalue weighted by atomic mass is 9.82. The Labute approximate surface area is 110 Å². The normalized spacial score (nSPS) is 39.5. The maximum atomic E-state index is 10.1. The first-order chi connectivity index (χ1) is 8.55. The summed E-state index contributed by atoms with van der Waals surface area (Å²) >= 11 is 0. The standard InChI is InChI=1S/C14H27NO3/c1-13(17)4-2-7-15(8-6-13)10-14(11-16)5-3-9-18-12-14/h16-17H,2-12H2,1H3. The van der Waals surface area contributed by atoms with Gasteiger partial charge < -0.3 is 19.8 Å². The van der Waals surface area contributed by atoms with E-state index in [2.05, 4.69) is 4.90 Å². The number of aliphatic hydroxyl groups is 2. The molecule has 0 aromatic rings. The number of aliphatic hydroxyl groups excluding tert-OH is 1. The fraction of sp³-hybridized carbons (Fsp3) is 1.00. The quantitative estimate of drug-likeness (QED) is 0.792. The number of ether oxygens (including phenoxy) is 1. The van der Waals surface area contributed by atoms with E-state index in [-0.39, 0.29) is 12.0 Å². The molecule has 2 atom stereocenters. The van der Waals surface area contributed by atoms with Crippen LogP contribution in [-0.4, -0.2) is 60.2 Å². The van der Waals surface area contributed by atoms with Crippen LogP contribution in [0, 0.1) is 5.41 Å². The van der Waals surface area contributed by atoms with E-state index in [1.807, 2.05) is 6.92 Å². The Kier molecular flexibility index (Phi) is 4.64. The van der Waals surface area contributed by atoms with E-state index in [9.17, 15) is 10.2 Å². The number of nitrogens with zero attached hydrogens (tertiary/aromatic N) is 1. The van der Waals surface area contributed by atoms with E-state index in [0.717, 1.165) is 58.3 Å². The van der Waals surface area contributed by atoms with Gasteiger partial charge in [-0.2, -0.15) is 0 Å². The van der Waals surface area contributed by atoms with Crippen molar-refractivity contribution in [1.82, 2.24) is 4.90 Å². The maximum absolute atomic E-state index is 10.1. The lowest BCUT2D eigenvalue weighted by molar-refractivity contribution is -0.0557. The Morgan fingerprint density at radius 2 is 2.00 bits per heavy atom. The van der Waals surface area contributed by atoms with Crippen LogP contribution < -0.4 is 0 Å². The fourth-order valence-electron chi connectivity index (χ4n) is 3.16. The van der Waals surface area contributed by atoms with Crippen LogP contribution in [0.4, 0.5) is 0 Å². The molecule has 0 spiro atoms. The number of rotatable bonds is 3. The highest BCUT2D eigenvalue weighted by molar-refractivity contribution is 4.87. The van der Waals surface area contributed by atoms with Gasteiger partial charge in [0.2, 0.25) is 0 Å². The van der Waals surface area contributed by atoms with Crippen LogP contribution in [0.5, 0.6) is 0 Å². The summed E-state index contributed by atoms with van der Waals surface area (Å²) in [4.78, 5) is 2.40. The Hall–Kier alpha value is -0.160. The summed E-state index contributed by atoms with van der Waals surface area (Å²) in [6.45, 7) is 6.50. The van der Waals surface area contributed by atoms with Crippen molar-refractivity contribution >= 4 is 0 Å². The molecule has 2 N–H and O–H groups in total. The summed E-state index contributed by atoms with van der Waals surface area (Å²) in [6.07, 6.45) is 4.85. The Morgan fingerprint density at radius 3 is 2.67 bits per heavy atom. The van der Waals surface area contributed by atoms with Crippen molar-refractivity contribution in [2.75, 3.05) is 39.5 Å². The Bertz CT molecular complexity index is 262. The van der Waals surface area contributed by atoms with Crippen LogP contribution in [0.15, 0.2) is 0 Å². The van der Waals surface area contributed by atoms with Crippen molar-refractivity contribution in [1.29, 1.82) is 0 Å². The van der Waals surface area contributed by atoms with Crippen LogP contribution in [0.3, 0.4) is 0 Å². The molecule has 0 radical (unpaired) electrons. The molecular weight excluding hydrogens is 230 g/mol. The number of hydrogen-bond donors (Lipinski definition) is 2. The minimum atomic E-state index is -0.510. The van der Waals surface area contributed by atoms with Gasteiger partial charge in [-0.25, -0.2) is 0 Å². The molecule has 0 amide bonds. The summed E-state index contributed by atoms with van der Waals surface area (Å²) in [7, 11) is 0. The summed E-state index contributed by atoms with van der Waals surface area (Å²) in [5.41, 5.74) is -0.585. The van der Waals surface area contributed by atoms with Gasteiger partial charge in [0.15, 0.2) is 0 Å². The van der Waals surface area contributed by atoms with Gasteiger partial charge in [-0.1, -0.05) is 0 Å². The van der Waals surface area contributed by atoms with E-state index >= 15 is 0 Å². The highest BCUT2D eigenvalue weighted by atomic mass is 16.5. The van der Waals surface area contributed by atoms with Crippen molar-refractivity contribution in [2.24, 2.45) is 5.41 Å². The molecule has 4 heteroatoms. The Balaban J connectivity index is 1.91. The monoisotopic (exact) mass is 257 g/mol. The number of hydrogen-bond acceptors (Lipinski definition) is 4. The second-order valence-electron chi connectivity index (χ2n) is 6.44. The zero-order chi connectivity index (χ0) is 13.1. The summed E-state index contributed by atoms with van der Waals surface area (Å²) < 4.78 is 5.55. The third-order valence-electron chi connectivity index (χ3n) is 4.45. The molecule has 0 aliphatic carbocycles. The predicted molar refractivity (Wildman–Crippen MR) is 70.5 cm³/mol. The smallest absolute Gasteiger partial charge is 0.0632 e. The van der Waals surface area contributed by atoms with E-state index in [4.69, 9.17) is 4.74 Å². The van der Waals surface area contributed by atoms with E-state index in [0.29, 0.717) is 6.61 Å². The summed E-state index contributed by atoms with van der Waals surface area (Å²) in [5.74, 6) is 0. The van der Waals surface area contributed by atoms with Gasteiger partial charge in [0.25, 0.3) is 0 Å². The average molecular weight is 257 g/mol. The van der Waals surface area contributed by atoms with Crippen LogP contribution in [0.1, 0.15) is 39.0 Å². The molecule has 0 aromatic carbocycles. The van der Waals surface area contributed by atoms with Gasteiger partial charge >= 0.3 is 0 Å². The lowest BCUT2D eigenvalue weighted by Gasteiger charge is -2.39. The van der Waals surface area contributed by atoms with Gasteiger partial charge in [0, 0.05) is 25.1 Å². The molecular formula is C14H27NO3. The first-order valence-corrected chi connectivity index (χ1v) is 7.19. The van der Waals surface area contributed by atoms with Gasteiger partial charge in [-0.3, -0.25) is 0 Å². The molecule has 2 unspecified atom stereocenters. The zero-order valence-electron chi connectivity index (χ0n) is 11.5. The molecule has 106 valence electrons. The minimum Gasteiger partial charge on any atom is -0.396 e. The molecule has 2 heterocycles. The molecule has 18 heavy (non-hydrogen) atoms. The third kappa shape index (κ3) is 3.67. The second kappa shape index (κ2) is 5.87. The highest BCUT2D eigenvalue weighted by Gasteiger charge is 2.35. The molecule has 2 aliphatic rings. The average Bonchev–Trinajstić information content (AvgIpc) is 2.52. The molecule has 0 bridgehead atoms. The van der Waals surface area contributed by atoms with Gasteiger partial charge in [-0.15, -0.1) is 0 Å². The van der Waals surface area contributed by atoms with E-state index in [1.54, 1.807) is 0 Å². The largest absolute Gasteiger partial charge is 0.396 e.